The Labute approximate surface area is 83.3 Å². The van der Waals surface area contributed by atoms with Gasteiger partial charge in [0.15, 0.2) is 0 Å². The van der Waals surface area contributed by atoms with Crippen molar-refractivity contribution in [3.63, 3.8) is 0 Å². The highest BCUT2D eigenvalue weighted by atomic mass is 16.6. The van der Waals surface area contributed by atoms with Gasteiger partial charge in [-0.15, -0.1) is 0 Å². The average molecular weight is 200 g/mol. The van der Waals surface area contributed by atoms with Crippen LogP contribution in [0.15, 0.2) is 16.9 Å². The van der Waals surface area contributed by atoms with Crippen molar-refractivity contribution in [2.75, 3.05) is 20.6 Å². The zero-order valence-electron chi connectivity index (χ0n) is 8.67. The molecule has 6 nitrogen and oxygen atoms in total. The monoisotopic (exact) mass is 200 g/mol. The lowest BCUT2D eigenvalue weighted by atomic mass is 10.3. The van der Waals surface area contributed by atoms with Crippen molar-refractivity contribution >= 4 is 6.21 Å². The van der Waals surface area contributed by atoms with E-state index in [2.05, 4.69) is 4.99 Å². The van der Waals surface area contributed by atoms with E-state index in [0.29, 0.717) is 0 Å². The Kier molecular flexibility index (Phi) is 5.47. The Morgan fingerprint density at radius 3 is 2.64 bits per heavy atom. The molecule has 0 fully saturated rings. The highest BCUT2D eigenvalue weighted by Crippen LogP contribution is 1.94. The second-order valence-electron chi connectivity index (χ2n) is 3.24. The van der Waals surface area contributed by atoms with E-state index in [-0.39, 0.29) is 11.7 Å². The molecule has 0 spiro atoms. The maximum absolute atomic E-state index is 10.3. The number of allylic oxidation sites excluding steroid dienone is 1. The topological polar surface area (TPSA) is 84.8 Å². The van der Waals surface area contributed by atoms with Gasteiger partial charge in [-0.2, -0.15) is 0 Å². The van der Waals surface area contributed by atoms with Gasteiger partial charge in [0, 0.05) is 6.54 Å². The molecule has 0 heterocycles. The van der Waals surface area contributed by atoms with Gasteiger partial charge < -0.3 is 10.6 Å². The SMILES string of the molecule is CC(CN(C)C)N=C/C(=C\N)[N+](=O)[O-]. The van der Waals surface area contributed by atoms with Crippen LogP contribution in [0.4, 0.5) is 0 Å². The van der Waals surface area contributed by atoms with Crippen LogP contribution in [0.25, 0.3) is 0 Å². The number of rotatable bonds is 5. The molecular weight excluding hydrogens is 184 g/mol. The lowest BCUT2D eigenvalue weighted by Gasteiger charge is -2.12. The highest BCUT2D eigenvalue weighted by Gasteiger charge is 2.06. The molecule has 0 saturated carbocycles. The van der Waals surface area contributed by atoms with Crippen molar-refractivity contribution in [1.29, 1.82) is 0 Å². The van der Waals surface area contributed by atoms with E-state index in [4.69, 9.17) is 5.73 Å². The van der Waals surface area contributed by atoms with Gasteiger partial charge in [0.05, 0.1) is 17.2 Å². The number of hydrogen-bond donors (Lipinski definition) is 1. The van der Waals surface area contributed by atoms with Gasteiger partial charge in [0.1, 0.15) is 6.21 Å². The smallest absolute Gasteiger partial charge is 0.302 e. The van der Waals surface area contributed by atoms with Crippen LogP contribution in [0, 0.1) is 10.1 Å². The molecule has 0 aliphatic heterocycles. The first-order valence-electron chi connectivity index (χ1n) is 4.21. The van der Waals surface area contributed by atoms with Gasteiger partial charge in [0.25, 0.3) is 0 Å². The minimum absolute atomic E-state index is 0.0138. The third-order valence-electron chi connectivity index (χ3n) is 1.47. The van der Waals surface area contributed by atoms with Crippen molar-refractivity contribution in [1.82, 2.24) is 4.90 Å². The molecule has 1 atom stereocenters. The summed E-state index contributed by atoms with van der Waals surface area (Å²) in [6.07, 6.45) is 2.13. The molecule has 1 unspecified atom stereocenters. The second-order valence-corrected chi connectivity index (χ2v) is 3.24. The lowest BCUT2D eigenvalue weighted by Crippen LogP contribution is -2.22. The van der Waals surface area contributed by atoms with Crippen molar-refractivity contribution < 1.29 is 4.92 Å². The summed E-state index contributed by atoms with van der Waals surface area (Å²) >= 11 is 0. The molecule has 2 N–H and O–H groups in total. The summed E-state index contributed by atoms with van der Waals surface area (Å²) in [4.78, 5) is 15.7. The van der Waals surface area contributed by atoms with Crippen LogP contribution < -0.4 is 5.73 Å². The summed E-state index contributed by atoms with van der Waals surface area (Å²) in [5.74, 6) is 0. The van der Waals surface area contributed by atoms with Crippen molar-refractivity contribution in [3.8, 4) is 0 Å². The summed E-state index contributed by atoms with van der Waals surface area (Å²) in [6, 6.07) is 0.0138. The Morgan fingerprint density at radius 1 is 1.71 bits per heavy atom. The summed E-state index contributed by atoms with van der Waals surface area (Å²) in [5, 5.41) is 10.3. The number of nitro groups is 1. The first kappa shape index (κ1) is 12.6. The van der Waals surface area contributed by atoms with Gasteiger partial charge in [-0.05, 0) is 21.0 Å². The maximum atomic E-state index is 10.3. The van der Waals surface area contributed by atoms with E-state index < -0.39 is 4.92 Å². The molecule has 0 saturated heterocycles. The molecule has 14 heavy (non-hydrogen) atoms. The van der Waals surface area contributed by atoms with Crippen LogP contribution in [0.5, 0.6) is 0 Å². The first-order valence-corrected chi connectivity index (χ1v) is 4.21. The fraction of sp³-hybridized carbons (Fsp3) is 0.625. The fourth-order valence-corrected chi connectivity index (χ4v) is 0.930. The number of nitrogens with zero attached hydrogens (tertiary/aromatic N) is 3. The molecule has 0 aromatic carbocycles. The molecule has 0 bridgehead atoms. The zero-order valence-corrected chi connectivity index (χ0v) is 8.67. The van der Waals surface area contributed by atoms with Crippen LogP contribution >= 0.6 is 0 Å². The van der Waals surface area contributed by atoms with Crippen LogP contribution in [0.2, 0.25) is 0 Å². The van der Waals surface area contributed by atoms with Crippen LogP contribution in [-0.2, 0) is 0 Å². The average Bonchev–Trinajstić information content (AvgIpc) is 2.03. The predicted octanol–water partition coefficient (Wildman–Crippen LogP) is 0.0841. The fourth-order valence-electron chi connectivity index (χ4n) is 0.930. The van der Waals surface area contributed by atoms with E-state index in [1.165, 1.54) is 6.21 Å². The van der Waals surface area contributed by atoms with E-state index in [0.717, 1.165) is 12.7 Å². The van der Waals surface area contributed by atoms with E-state index in [9.17, 15) is 10.1 Å². The van der Waals surface area contributed by atoms with E-state index in [1.54, 1.807) is 0 Å². The normalized spacial score (nSPS) is 15.0. The summed E-state index contributed by atoms with van der Waals surface area (Å²) in [6.45, 7) is 2.62. The summed E-state index contributed by atoms with van der Waals surface area (Å²) in [5.41, 5.74) is 4.87. The molecule has 0 aromatic heterocycles. The van der Waals surface area contributed by atoms with Gasteiger partial charge in [-0.3, -0.25) is 15.1 Å². The molecule has 0 aliphatic carbocycles. The number of nitrogens with two attached hydrogens (primary N) is 1. The molecule has 80 valence electrons. The molecule has 0 radical (unpaired) electrons. The van der Waals surface area contributed by atoms with E-state index in [1.807, 2.05) is 25.9 Å². The third kappa shape index (κ3) is 5.26. The van der Waals surface area contributed by atoms with Gasteiger partial charge in [-0.1, -0.05) is 0 Å². The van der Waals surface area contributed by atoms with Crippen molar-refractivity contribution in [3.05, 3.63) is 22.0 Å². The molecule has 0 rings (SSSR count). The van der Waals surface area contributed by atoms with Crippen molar-refractivity contribution in [2.45, 2.75) is 13.0 Å². The van der Waals surface area contributed by atoms with E-state index >= 15 is 0 Å². The van der Waals surface area contributed by atoms with Gasteiger partial charge >= 0.3 is 5.70 Å². The molecule has 0 amide bonds. The second kappa shape index (κ2) is 6.09. The molecule has 0 aromatic rings. The van der Waals surface area contributed by atoms with Crippen LogP contribution in [-0.4, -0.2) is 42.7 Å². The van der Waals surface area contributed by atoms with Crippen LogP contribution in [0.1, 0.15) is 6.92 Å². The summed E-state index contributed by atoms with van der Waals surface area (Å²) < 4.78 is 0. The van der Waals surface area contributed by atoms with Gasteiger partial charge in [0.2, 0.25) is 0 Å². The first-order chi connectivity index (χ1) is 6.47. The Hall–Kier alpha value is -1.43. The largest absolute Gasteiger partial charge is 0.399 e. The molecular formula is C8H16N4O2. The predicted molar refractivity (Wildman–Crippen MR) is 55.8 cm³/mol. The Bertz CT molecular complexity index is 248. The van der Waals surface area contributed by atoms with Crippen LogP contribution in [0.3, 0.4) is 0 Å². The standard InChI is InChI=1S/C8H16N4O2/c1-7(6-11(2)3)10-5-8(4-9)12(13)14/h4-5,7H,6,9H2,1-3H3/b8-4+,10-5?. The summed E-state index contributed by atoms with van der Waals surface area (Å²) in [7, 11) is 3.83. The lowest BCUT2D eigenvalue weighted by molar-refractivity contribution is -0.414. The number of aliphatic imine (C=N–C) groups is 1. The highest BCUT2D eigenvalue weighted by molar-refractivity contribution is 5.75. The van der Waals surface area contributed by atoms with Gasteiger partial charge in [-0.25, -0.2) is 0 Å². The third-order valence-corrected chi connectivity index (χ3v) is 1.47. The number of hydrogen-bond acceptors (Lipinski definition) is 5. The van der Waals surface area contributed by atoms with Crippen molar-refractivity contribution in [2.24, 2.45) is 10.7 Å². The molecule has 6 heteroatoms. The minimum Gasteiger partial charge on any atom is -0.399 e. The Balaban J connectivity index is 4.21. The quantitative estimate of drug-likeness (QED) is 0.387. The number of likely N-dealkylation sites (N-methyl/N-ethyl adjacent to an activating group) is 1. The maximum Gasteiger partial charge on any atom is 0.302 e. The Morgan fingerprint density at radius 2 is 2.29 bits per heavy atom. The molecule has 0 aliphatic rings. The minimum atomic E-state index is -0.564. The zero-order chi connectivity index (χ0) is 11.1.